The number of nitrogens with zero attached hydrogens (tertiary/aromatic N) is 2. The molecule has 1 rings (SSSR count). The highest BCUT2D eigenvalue weighted by molar-refractivity contribution is 7.15. The Bertz CT molecular complexity index is 408. The van der Waals surface area contributed by atoms with Crippen molar-refractivity contribution in [3.8, 4) is 0 Å². The van der Waals surface area contributed by atoms with Gasteiger partial charge in [0, 0.05) is 6.42 Å². The summed E-state index contributed by atoms with van der Waals surface area (Å²) in [5.74, 6) is 0.313. The first-order valence-electron chi connectivity index (χ1n) is 6.09. The van der Waals surface area contributed by atoms with Crippen molar-refractivity contribution < 1.29 is 4.79 Å². The third-order valence-electron chi connectivity index (χ3n) is 2.50. The van der Waals surface area contributed by atoms with E-state index in [1.54, 1.807) is 0 Å². The molecule has 1 aromatic rings. The molecule has 18 heavy (non-hydrogen) atoms. The van der Waals surface area contributed by atoms with Gasteiger partial charge in [-0.3, -0.25) is 10.1 Å². The molecule has 1 unspecified atom stereocenters. The Morgan fingerprint density at radius 2 is 2.00 bits per heavy atom. The SMILES string of the molecule is CC(C)Cc1nnc(NC(=O)C(N)C(C)(C)C)s1. The molecular weight excluding hydrogens is 248 g/mol. The molecule has 1 heterocycles. The number of hydrogen-bond donors (Lipinski definition) is 2. The van der Waals surface area contributed by atoms with E-state index in [0.717, 1.165) is 11.4 Å². The van der Waals surface area contributed by atoms with Gasteiger partial charge in [0.1, 0.15) is 5.01 Å². The van der Waals surface area contributed by atoms with Crippen molar-refractivity contribution in [3.05, 3.63) is 5.01 Å². The molecule has 0 aliphatic carbocycles. The minimum Gasteiger partial charge on any atom is -0.319 e. The third kappa shape index (κ3) is 4.34. The maximum atomic E-state index is 11.9. The molecule has 1 aromatic heterocycles. The first-order chi connectivity index (χ1) is 8.20. The van der Waals surface area contributed by atoms with Crippen LogP contribution in [-0.2, 0) is 11.2 Å². The van der Waals surface area contributed by atoms with E-state index in [-0.39, 0.29) is 11.3 Å². The normalized spacial score (nSPS) is 13.7. The standard InChI is InChI=1S/C12H22N4OS/c1-7(2)6-8-15-16-11(18-8)14-10(17)9(13)12(3,4)5/h7,9H,6,13H2,1-5H3,(H,14,16,17). The van der Waals surface area contributed by atoms with E-state index in [0.29, 0.717) is 11.0 Å². The molecule has 102 valence electrons. The summed E-state index contributed by atoms with van der Waals surface area (Å²) in [6.45, 7) is 10.0. The van der Waals surface area contributed by atoms with Crippen LogP contribution in [0.5, 0.6) is 0 Å². The van der Waals surface area contributed by atoms with Crippen LogP contribution in [0.25, 0.3) is 0 Å². The highest BCUT2D eigenvalue weighted by Gasteiger charge is 2.28. The van der Waals surface area contributed by atoms with Gasteiger partial charge in [-0.25, -0.2) is 0 Å². The molecule has 0 saturated carbocycles. The average Bonchev–Trinajstić information content (AvgIpc) is 2.61. The Hall–Kier alpha value is -1.01. The van der Waals surface area contributed by atoms with Crippen molar-refractivity contribution in [1.82, 2.24) is 10.2 Å². The van der Waals surface area contributed by atoms with Crippen molar-refractivity contribution in [1.29, 1.82) is 0 Å². The fraction of sp³-hybridized carbons (Fsp3) is 0.750. The van der Waals surface area contributed by atoms with E-state index >= 15 is 0 Å². The van der Waals surface area contributed by atoms with Crippen LogP contribution in [0, 0.1) is 11.3 Å². The van der Waals surface area contributed by atoms with E-state index < -0.39 is 6.04 Å². The molecule has 0 radical (unpaired) electrons. The molecule has 1 amide bonds. The van der Waals surface area contributed by atoms with Crippen molar-refractivity contribution in [3.63, 3.8) is 0 Å². The van der Waals surface area contributed by atoms with Gasteiger partial charge in [0.15, 0.2) is 0 Å². The quantitative estimate of drug-likeness (QED) is 0.877. The number of rotatable bonds is 4. The summed E-state index contributed by atoms with van der Waals surface area (Å²) >= 11 is 1.41. The Labute approximate surface area is 112 Å². The van der Waals surface area contributed by atoms with Crippen molar-refractivity contribution >= 4 is 22.4 Å². The molecule has 0 bridgehead atoms. The number of hydrogen-bond acceptors (Lipinski definition) is 5. The summed E-state index contributed by atoms with van der Waals surface area (Å²) in [6, 6.07) is -0.560. The second-order valence-electron chi connectivity index (χ2n) is 5.93. The fourth-order valence-electron chi connectivity index (χ4n) is 1.31. The first-order valence-corrected chi connectivity index (χ1v) is 6.90. The molecule has 6 heteroatoms. The van der Waals surface area contributed by atoms with Gasteiger partial charge in [0.05, 0.1) is 6.04 Å². The average molecular weight is 270 g/mol. The second-order valence-corrected chi connectivity index (χ2v) is 6.99. The van der Waals surface area contributed by atoms with Crippen molar-refractivity contribution in [2.75, 3.05) is 5.32 Å². The molecule has 0 aliphatic rings. The van der Waals surface area contributed by atoms with Crippen LogP contribution in [0.15, 0.2) is 0 Å². The summed E-state index contributed by atoms with van der Waals surface area (Å²) < 4.78 is 0. The minimum atomic E-state index is -0.560. The lowest BCUT2D eigenvalue weighted by atomic mass is 9.87. The first kappa shape index (κ1) is 15.0. The lowest BCUT2D eigenvalue weighted by Crippen LogP contribution is -2.45. The molecule has 5 nitrogen and oxygen atoms in total. The Kier molecular flexibility index (Phi) is 4.81. The predicted octanol–water partition coefficient (Wildman–Crippen LogP) is 2.05. The van der Waals surface area contributed by atoms with Crippen LogP contribution >= 0.6 is 11.3 Å². The second kappa shape index (κ2) is 5.75. The summed E-state index contributed by atoms with van der Waals surface area (Å²) in [5, 5.41) is 12.2. The summed E-state index contributed by atoms with van der Waals surface area (Å²) in [6.07, 6.45) is 0.874. The number of anilines is 1. The van der Waals surface area contributed by atoms with E-state index in [9.17, 15) is 4.79 Å². The van der Waals surface area contributed by atoms with E-state index in [1.165, 1.54) is 11.3 Å². The van der Waals surface area contributed by atoms with Crippen LogP contribution in [-0.4, -0.2) is 22.1 Å². The third-order valence-corrected chi connectivity index (χ3v) is 3.36. The van der Waals surface area contributed by atoms with Gasteiger partial charge in [0.25, 0.3) is 0 Å². The maximum Gasteiger partial charge on any atom is 0.243 e. The number of amides is 1. The molecule has 0 spiro atoms. The molecule has 0 aliphatic heterocycles. The van der Waals surface area contributed by atoms with Gasteiger partial charge >= 0.3 is 0 Å². The van der Waals surface area contributed by atoms with E-state index in [1.807, 2.05) is 20.8 Å². The van der Waals surface area contributed by atoms with Crippen LogP contribution < -0.4 is 11.1 Å². The van der Waals surface area contributed by atoms with Gasteiger partial charge in [-0.15, -0.1) is 10.2 Å². The number of nitrogens with two attached hydrogens (primary N) is 1. The fourth-order valence-corrected chi connectivity index (χ4v) is 2.27. The molecule has 0 fully saturated rings. The molecule has 0 aromatic carbocycles. The molecule has 1 atom stereocenters. The zero-order valence-corrected chi connectivity index (χ0v) is 12.5. The van der Waals surface area contributed by atoms with Crippen molar-refractivity contribution in [2.45, 2.75) is 47.1 Å². The van der Waals surface area contributed by atoms with Crippen LogP contribution in [0.3, 0.4) is 0 Å². The summed E-state index contributed by atoms with van der Waals surface area (Å²) in [7, 11) is 0. The zero-order valence-electron chi connectivity index (χ0n) is 11.7. The van der Waals surface area contributed by atoms with E-state index in [4.69, 9.17) is 5.73 Å². The number of nitrogens with one attached hydrogen (secondary N) is 1. The monoisotopic (exact) mass is 270 g/mol. The minimum absolute atomic E-state index is 0.213. The maximum absolute atomic E-state index is 11.9. The Morgan fingerprint density at radius 3 is 2.50 bits per heavy atom. The number of carbonyl (C=O) groups excluding carboxylic acids is 1. The van der Waals surface area contributed by atoms with Gasteiger partial charge in [0.2, 0.25) is 11.0 Å². The number of aromatic nitrogens is 2. The number of carbonyl (C=O) groups is 1. The predicted molar refractivity (Wildman–Crippen MR) is 74.5 cm³/mol. The lowest BCUT2D eigenvalue weighted by Gasteiger charge is -2.25. The van der Waals surface area contributed by atoms with Gasteiger partial charge in [-0.05, 0) is 11.3 Å². The smallest absolute Gasteiger partial charge is 0.243 e. The summed E-state index contributed by atoms with van der Waals surface area (Å²) in [5.41, 5.74) is 5.61. The molecule has 3 N–H and O–H groups in total. The molecule has 0 saturated heterocycles. The Morgan fingerprint density at radius 1 is 1.39 bits per heavy atom. The zero-order chi connectivity index (χ0) is 13.9. The highest BCUT2D eigenvalue weighted by atomic mass is 32.1. The highest BCUT2D eigenvalue weighted by Crippen LogP contribution is 2.21. The van der Waals surface area contributed by atoms with Crippen LogP contribution in [0.1, 0.15) is 39.6 Å². The van der Waals surface area contributed by atoms with Crippen LogP contribution in [0.2, 0.25) is 0 Å². The summed E-state index contributed by atoms with van der Waals surface area (Å²) in [4.78, 5) is 11.9. The largest absolute Gasteiger partial charge is 0.319 e. The topological polar surface area (TPSA) is 80.9 Å². The van der Waals surface area contributed by atoms with Gasteiger partial charge in [-0.1, -0.05) is 46.0 Å². The van der Waals surface area contributed by atoms with Gasteiger partial charge < -0.3 is 5.73 Å². The molecular formula is C12H22N4OS. The van der Waals surface area contributed by atoms with Crippen molar-refractivity contribution in [2.24, 2.45) is 17.1 Å². The van der Waals surface area contributed by atoms with E-state index in [2.05, 4.69) is 29.4 Å². The van der Waals surface area contributed by atoms with Crippen LogP contribution in [0.4, 0.5) is 5.13 Å². The Balaban J connectivity index is 2.63. The lowest BCUT2D eigenvalue weighted by molar-refractivity contribution is -0.119. The van der Waals surface area contributed by atoms with Gasteiger partial charge in [-0.2, -0.15) is 0 Å².